The first-order valence-corrected chi connectivity index (χ1v) is 24.2. The van der Waals surface area contributed by atoms with Gasteiger partial charge in [-0.2, -0.15) is 0 Å². The summed E-state index contributed by atoms with van der Waals surface area (Å²) in [6.07, 6.45) is 15.0. The van der Waals surface area contributed by atoms with Crippen molar-refractivity contribution in [1.82, 2.24) is 15.0 Å². The van der Waals surface area contributed by atoms with Crippen molar-refractivity contribution >= 4 is 39.7 Å². The van der Waals surface area contributed by atoms with Crippen molar-refractivity contribution in [3.63, 3.8) is 0 Å². The van der Waals surface area contributed by atoms with Gasteiger partial charge in [0.05, 0.1) is 5.58 Å². The standard InChI is InChI=1S/C23H21N2O.C18H24GeN.Ir/c1-2-6-16(7-3-1)14-17-11-13-24-21(15-17)20-9-4-8-18-19-10-5-12-25-23(19)26-22(18)20;1-14(2)11-16-12-18(15-9-7-6-8-10-15)20-13-17(16)19(3,4)5;/h4-5,8,10-13,15-16H,1-3,6-7,14H2;6-9,12-14H,11H2,1-5H3;/q2*-1;. The number of furan rings is 1. The molecule has 0 aliphatic heterocycles. The zero-order valence-corrected chi connectivity index (χ0v) is 32.8. The number of hydrogen-bond acceptors (Lipinski definition) is 4. The molecule has 4 nitrogen and oxygen atoms in total. The molecule has 0 bridgehead atoms. The minimum absolute atomic E-state index is 0. The molecule has 0 unspecified atom stereocenters. The summed E-state index contributed by atoms with van der Waals surface area (Å²) in [4.78, 5) is 13.7. The van der Waals surface area contributed by atoms with Gasteiger partial charge in [-0.25, -0.2) is 4.98 Å². The van der Waals surface area contributed by atoms with Crippen LogP contribution in [-0.4, -0.2) is 28.2 Å². The van der Waals surface area contributed by atoms with Crippen LogP contribution in [0.15, 0.2) is 89.7 Å². The van der Waals surface area contributed by atoms with E-state index in [2.05, 4.69) is 83.7 Å². The van der Waals surface area contributed by atoms with E-state index in [-0.39, 0.29) is 20.1 Å². The van der Waals surface area contributed by atoms with Crippen LogP contribution in [-0.2, 0) is 32.9 Å². The fourth-order valence-corrected chi connectivity index (χ4v) is 10.0. The van der Waals surface area contributed by atoms with Crippen molar-refractivity contribution in [3.05, 3.63) is 109 Å². The van der Waals surface area contributed by atoms with E-state index in [0.29, 0.717) is 11.6 Å². The number of hydrogen-bond donors (Lipinski definition) is 0. The van der Waals surface area contributed by atoms with Crippen LogP contribution in [0.1, 0.15) is 57.1 Å². The van der Waals surface area contributed by atoms with Crippen molar-refractivity contribution in [2.24, 2.45) is 11.8 Å². The van der Waals surface area contributed by atoms with Crippen LogP contribution in [0.5, 0.6) is 0 Å². The van der Waals surface area contributed by atoms with E-state index in [9.17, 15) is 0 Å². The number of benzene rings is 2. The third-order valence-electron chi connectivity index (χ3n) is 8.95. The number of pyridine rings is 3. The largest absolute Gasteiger partial charge is 0.486 e. The molecule has 0 spiro atoms. The van der Waals surface area contributed by atoms with Gasteiger partial charge in [-0.3, -0.25) is 0 Å². The molecule has 0 atom stereocenters. The number of fused-ring (bicyclic) bond motifs is 3. The fourth-order valence-electron chi connectivity index (χ4n) is 6.71. The Morgan fingerprint density at radius 1 is 0.830 bits per heavy atom. The van der Waals surface area contributed by atoms with Gasteiger partial charge in [0.25, 0.3) is 0 Å². The quantitative estimate of drug-likeness (QED) is 0.119. The van der Waals surface area contributed by atoms with Crippen LogP contribution in [0.2, 0.25) is 17.3 Å². The third kappa shape index (κ3) is 8.68. The van der Waals surface area contributed by atoms with Gasteiger partial charge in [0.2, 0.25) is 5.71 Å². The van der Waals surface area contributed by atoms with E-state index in [4.69, 9.17) is 9.40 Å². The Labute approximate surface area is 296 Å². The van der Waals surface area contributed by atoms with E-state index < -0.39 is 13.3 Å². The molecule has 6 aromatic rings. The first-order chi connectivity index (χ1) is 22.3. The van der Waals surface area contributed by atoms with Crippen LogP contribution in [0.3, 0.4) is 0 Å². The van der Waals surface area contributed by atoms with Crippen LogP contribution in [0.25, 0.3) is 44.6 Å². The Kier molecular flexibility index (Phi) is 11.9. The molecule has 1 fully saturated rings. The van der Waals surface area contributed by atoms with Gasteiger partial charge < -0.3 is 9.40 Å². The van der Waals surface area contributed by atoms with Gasteiger partial charge >= 0.3 is 126 Å². The molecule has 0 saturated heterocycles. The molecule has 1 aliphatic rings. The van der Waals surface area contributed by atoms with Gasteiger partial charge in [0.1, 0.15) is 0 Å². The molecule has 6 heteroatoms. The predicted molar refractivity (Wildman–Crippen MR) is 194 cm³/mol. The smallest absolute Gasteiger partial charge is 0.216 e. The summed E-state index contributed by atoms with van der Waals surface area (Å²) in [7, 11) is 0. The molecule has 4 heterocycles. The minimum atomic E-state index is -1.86. The Balaban J connectivity index is 0.000000188. The number of nitrogens with zero attached hydrogens (tertiary/aromatic N) is 3. The Hall–Kier alpha value is -3.12. The Morgan fingerprint density at radius 3 is 2.40 bits per heavy atom. The van der Waals surface area contributed by atoms with E-state index in [1.807, 2.05) is 48.7 Å². The number of rotatable bonds is 7. The van der Waals surface area contributed by atoms with Crippen LogP contribution >= 0.6 is 0 Å². The van der Waals surface area contributed by atoms with Crippen LogP contribution in [0.4, 0.5) is 0 Å². The van der Waals surface area contributed by atoms with E-state index in [1.165, 1.54) is 43.2 Å². The molecule has 4 aromatic heterocycles. The molecule has 245 valence electrons. The first-order valence-electron chi connectivity index (χ1n) is 16.9. The monoisotopic (exact) mass is 862 g/mol. The molecule has 47 heavy (non-hydrogen) atoms. The number of aromatic nitrogens is 3. The molecular formula is C41H45GeIrN3O-2. The zero-order chi connectivity index (χ0) is 32.1. The second-order valence-electron chi connectivity index (χ2n) is 14.2. The zero-order valence-electron chi connectivity index (χ0n) is 28.3. The predicted octanol–water partition coefficient (Wildman–Crippen LogP) is 10.3. The van der Waals surface area contributed by atoms with Crippen molar-refractivity contribution in [3.8, 4) is 22.5 Å². The SMILES string of the molecule is CC(C)Cc1cc(-c2[c-]cccc2)nc[c]1[Ge]([CH3])([CH3])[CH3].[Ir].[c-]1ccc2c(oc3ncccc32)c1-c1cc(CC2CCCCC2)ccn1. The molecule has 0 N–H and O–H groups in total. The Bertz CT molecular complexity index is 1910. The van der Waals surface area contributed by atoms with Gasteiger partial charge in [0, 0.05) is 37.9 Å². The van der Waals surface area contributed by atoms with E-state index in [1.54, 1.807) is 10.6 Å². The van der Waals surface area contributed by atoms with Crippen molar-refractivity contribution in [2.45, 2.75) is 76.1 Å². The summed E-state index contributed by atoms with van der Waals surface area (Å²) >= 11 is -1.86. The summed E-state index contributed by atoms with van der Waals surface area (Å²) in [5.74, 6) is 8.81. The second-order valence-corrected chi connectivity index (χ2v) is 24.7. The van der Waals surface area contributed by atoms with E-state index >= 15 is 0 Å². The summed E-state index contributed by atoms with van der Waals surface area (Å²) in [6.45, 7) is 4.57. The van der Waals surface area contributed by atoms with Crippen molar-refractivity contribution in [2.75, 3.05) is 0 Å². The fraction of sp³-hybridized carbons (Fsp3) is 0.341. The maximum Gasteiger partial charge on any atom is 0.216 e. The molecule has 0 amide bonds. The first kappa shape index (κ1) is 35.2. The van der Waals surface area contributed by atoms with Gasteiger partial charge in [-0.1, -0.05) is 54.7 Å². The summed E-state index contributed by atoms with van der Waals surface area (Å²) in [5, 5.41) is 2.11. The topological polar surface area (TPSA) is 51.8 Å². The summed E-state index contributed by atoms with van der Waals surface area (Å²) < 4.78 is 7.59. The molecule has 2 aromatic carbocycles. The van der Waals surface area contributed by atoms with Crippen LogP contribution in [0, 0.1) is 24.0 Å². The summed E-state index contributed by atoms with van der Waals surface area (Å²) in [5.41, 5.74) is 8.34. The average Bonchev–Trinajstić information content (AvgIpc) is 3.44. The summed E-state index contributed by atoms with van der Waals surface area (Å²) in [6, 6.07) is 29.3. The normalized spacial score (nSPS) is 13.7. The Morgan fingerprint density at radius 2 is 1.66 bits per heavy atom. The molecule has 1 aliphatic carbocycles. The maximum absolute atomic E-state index is 6.05. The van der Waals surface area contributed by atoms with Gasteiger partial charge in [-0.05, 0) is 36.2 Å². The molecule has 1 radical (unpaired) electrons. The van der Waals surface area contributed by atoms with Crippen LogP contribution < -0.4 is 4.40 Å². The molecular weight excluding hydrogens is 815 g/mol. The minimum Gasteiger partial charge on any atom is -0.486 e. The molecule has 1 saturated carbocycles. The second kappa shape index (κ2) is 15.9. The molecule has 7 rings (SSSR count). The van der Waals surface area contributed by atoms with Gasteiger partial charge in [-0.15, -0.1) is 18.2 Å². The van der Waals surface area contributed by atoms with Crippen molar-refractivity contribution < 1.29 is 24.5 Å². The van der Waals surface area contributed by atoms with Crippen molar-refractivity contribution in [1.29, 1.82) is 0 Å². The van der Waals surface area contributed by atoms with E-state index in [0.717, 1.165) is 57.6 Å². The van der Waals surface area contributed by atoms with Gasteiger partial charge in [0.15, 0.2) is 0 Å². The third-order valence-corrected chi connectivity index (χ3v) is 13.3. The maximum atomic E-state index is 6.05. The average molecular weight is 861 g/mol.